The van der Waals surface area contributed by atoms with Gasteiger partial charge in [-0.1, -0.05) is 11.6 Å². The maximum atomic E-state index is 12.0. The number of rotatable bonds is 5. The van der Waals surface area contributed by atoms with Crippen LogP contribution in [0.3, 0.4) is 0 Å². The lowest BCUT2D eigenvalue weighted by molar-refractivity contribution is 0.0768. The Bertz CT molecular complexity index is 583. The number of carbonyl (C=O) groups is 1. The number of ether oxygens (including phenoxy) is 1. The van der Waals surface area contributed by atoms with Crippen LogP contribution in [0, 0.1) is 6.92 Å². The van der Waals surface area contributed by atoms with Gasteiger partial charge in [-0.05, 0) is 31.2 Å². The number of aromatic nitrogens is 1. The second kappa shape index (κ2) is 6.72. The molecule has 0 bridgehead atoms. The number of aryl methyl sites for hydroxylation is 1. The van der Waals surface area contributed by atoms with Gasteiger partial charge in [-0.25, -0.2) is 4.98 Å². The summed E-state index contributed by atoms with van der Waals surface area (Å²) >= 11 is 7.26. The quantitative estimate of drug-likeness (QED) is 0.851. The van der Waals surface area contributed by atoms with E-state index in [1.165, 1.54) is 11.3 Å². The fourth-order valence-electron chi connectivity index (χ4n) is 1.59. The van der Waals surface area contributed by atoms with Gasteiger partial charge in [0, 0.05) is 17.5 Å². The van der Waals surface area contributed by atoms with Gasteiger partial charge in [0.15, 0.2) is 0 Å². The molecular weight excluding hydrogens is 296 g/mol. The van der Waals surface area contributed by atoms with E-state index in [-0.39, 0.29) is 5.91 Å². The Balaban J connectivity index is 1.81. The predicted molar refractivity (Wildman–Crippen MR) is 80.8 cm³/mol. The average Bonchev–Trinajstić information content (AvgIpc) is 2.86. The van der Waals surface area contributed by atoms with E-state index in [9.17, 15) is 4.79 Å². The lowest BCUT2D eigenvalue weighted by Gasteiger charge is -2.16. The van der Waals surface area contributed by atoms with Crippen molar-refractivity contribution in [1.82, 2.24) is 9.88 Å². The molecule has 2 rings (SSSR count). The highest BCUT2D eigenvalue weighted by Crippen LogP contribution is 2.15. The van der Waals surface area contributed by atoms with Gasteiger partial charge in [0.05, 0.1) is 11.6 Å². The van der Waals surface area contributed by atoms with E-state index in [4.69, 9.17) is 16.3 Å². The monoisotopic (exact) mass is 310 g/mol. The molecule has 0 saturated heterocycles. The second-order valence-corrected chi connectivity index (χ2v) is 5.78. The first-order chi connectivity index (χ1) is 9.56. The Hall–Kier alpha value is -1.59. The average molecular weight is 311 g/mol. The number of hydrogen-bond donors (Lipinski definition) is 0. The summed E-state index contributed by atoms with van der Waals surface area (Å²) in [4.78, 5) is 17.8. The fraction of sp³-hybridized carbons (Fsp3) is 0.286. The maximum absolute atomic E-state index is 12.0. The normalized spacial score (nSPS) is 10.3. The molecular formula is C14H15ClN2O2S. The third kappa shape index (κ3) is 3.95. The molecule has 0 radical (unpaired) electrons. The lowest BCUT2D eigenvalue weighted by Crippen LogP contribution is -2.31. The highest BCUT2D eigenvalue weighted by atomic mass is 35.5. The topological polar surface area (TPSA) is 42.4 Å². The molecule has 1 aromatic carbocycles. The van der Waals surface area contributed by atoms with Crippen molar-refractivity contribution in [2.24, 2.45) is 0 Å². The van der Waals surface area contributed by atoms with Crippen LogP contribution >= 0.6 is 22.9 Å². The molecule has 20 heavy (non-hydrogen) atoms. The number of benzene rings is 1. The Morgan fingerprint density at radius 2 is 2.10 bits per heavy atom. The molecule has 0 aliphatic carbocycles. The smallest absolute Gasteiger partial charge is 0.273 e. The van der Waals surface area contributed by atoms with Crippen molar-refractivity contribution in [1.29, 1.82) is 0 Å². The summed E-state index contributed by atoms with van der Waals surface area (Å²) in [5.41, 5.74) is 0.487. The molecule has 0 unspecified atom stereocenters. The van der Waals surface area contributed by atoms with Crippen LogP contribution in [0.25, 0.3) is 0 Å². The first-order valence-corrected chi connectivity index (χ1v) is 7.38. The van der Waals surface area contributed by atoms with Crippen molar-refractivity contribution in [3.63, 3.8) is 0 Å². The Morgan fingerprint density at radius 1 is 1.40 bits per heavy atom. The van der Waals surface area contributed by atoms with Gasteiger partial charge in [0.2, 0.25) is 0 Å². The van der Waals surface area contributed by atoms with E-state index in [1.807, 2.05) is 6.92 Å². The van der Waals surface area contributed by atoms with E-state index in [2.05, 4.69) is 4.98 Å². The summed E-state index contributed by atoms with van der Waals surface area (Å²) in [5, 5.41) is 3.33. The van der Waals surface area contributed by atoms with Crippen molar-refractivity contribution < 1.29 is 9.53 Å². The highest BCUT2D eigenvalue weighted by Gasteiger charge is 2.14. The molecule has 6 heteroatoms. The van der Waals surface area contributed by atoms with E-state index in [0.717, 1.165) is 10.8 Å². The fourth-order valence-corrected chi connectivity index (χ4v) is 2.30. The van der Waals surface area contributed by atoms with Crippen LogP contribution in [-0.2, 0) is 0 Å². The Kier molecular flexibility index (Phi) is 4.98. The van der Waals surface area contributed by atoms with Crippen molar-refractivity contribution in [2.75, 3.05) is 20.2 Å². The van der Waals surface area contributed by atoms with Crippen LogP contribution in [0.15, 0.2) is 29.6 Å². The molecule has 1 amide bonds. The van der Waals surface area contributed by atoms with E-state index < -0.39 is 0 Å². The minimum Gasteiger partial charge on any atom is -0.492 e. The van der Waals surface area contributed by atoms with Gasteiger partial charge in [0.25, 0.3) is 5.91 Å². The van der Waals surface area contributed by atoms with E-state index in [1.54, 1.807) is 41.6 Å². The zero-order valence-electron chi connectivity index (χ0n) is 11.3. The molecule has 0 atom stereocenters. The number of likely N-dealkylation sites (N-methyl/N-ethyl adjacent to an activating group) is 1. The zero-order chi connectivity index (χ0) is 14.5. The van der Waals surface area contributed by atoms with Gasteiger partial charge in [-0.3, -0.25) is 4.79 Å². The van der Waals surface area contributed by atoms with Crippen LogP contribution in [0.5, 0.6) is 5.75 Å². The van der Waals surface area contributed by atoms with Crippen LogP contribution in [0.2, 0.25) is 5.02 Å². The number of nitrogens with zero attached hydrogens (tertiary/aromatic N) is 2. The summed E-state index contributed by atoms with van der Waals surface area (Å²) in [5.74, 6) is 0.647. The van der Waals surface area contributed by atoms with Crippen LogP contribution in [0.4, 0.5) is 0 Å². The first-order valence-electron chi connectivity index (χ1n) is 6.12. The Labute approximate surface area is 127 Å². The number of thiazole rings is 1. The molecule has 1 aromatic heterocycles. The number of hydrogen-bond acceptors (Lipinski definition) is 4. The molecule has 0 N–H and O–H groups in total. The molecule has 4 nitrogen and oxygen atoms in total. The maximum Gasteiger partial charge on any atom is 0.273 e. The first kappa shape index (κ1) is 14.8. The lowest BCUT2D eigenvalue weighted by atomic mass is 10.3. The molecule has 2 aromatic rings. The predicted octanol–water partition coefficient (Wildman–Crippen LogP) is 3.26. The summed E-state index contributed by atoms with van der Waals surface area (Å²) < 4.78 is 5.55. The summed E-state index contributed by atoms with van der Waals surface area (Å²) in [6.07, 6.45) is 0. The zero-order valence-corrected chi connectivity index (χ0v) is 12.9. The SMILES string of the molecule is Cc1nc(C(=O)N(C)CCOc2ccc(Cl)cc2)cs1. The minimum absolute atomic E-state index is 0.0888. The van der Waals surface area contributed by atoms with Gasteiger partial charge in [-0.15, -0.1) is 11.3 Å². The summed E-state index contributed by atoms with van der Waals surface area (Å²) in [7, 11) is 1.74. The van der Waals surface area contributed by atoms with Crippen molar-refractivity contribution in [3.8, 4) is 5.75 Å². The highest BCUT2D eigenvalue weighted by molar-refractivity contribution is 7.09. The third-order valence-corrected chi connectivity index (χ3v) is 3.72. The van der Waals surface area contributed by atoms with Crippen LogP contribution in [0.1, 0.15) is 15.5 Å². The van der Waals surface area contributed by atoms with Crippen molar-refractivity contribution >= 4 is 28.8 Å². The van der Waals surface area contributed by atoms with E-state index in [0.29, 0.717) is 23.9 Å². The third-order valence-electron chi connectivity index (χ3n) is 2.69. The molecule has 1 heterocycles. The van der Waals surface area contributed by atoms with Gasteiger partial charge in [0.1, 0.15) is 18.1 Å². The molecule has 0 fully saturated rings. The molecule has 106 valence electrons. The minimum atomic E-state index is -0.0888. The van der Waals surface area contributed by atoms with Gasteiger partial charge < -0.3 is 9.64 Å². The number of halogens is 1. The van der Waals surface area contributed by atoms with Crippen LogP contribution < -0.4 is 4.74 Å². The summed E-state index contributed by atoms with van der Waals surface area (Å²) in [6.45, 7) is 2.80. The van der Waals surface area contributed by atoms with Gasteiger partial charge >= 0.3 is 0 Å². The van der Waals surface area contributed by atoms with Crippen molar-refractivity contribution in [2.45, 2.75) is 6.92 Å². The number of amides is 1. The molecule has 0 aliphatic rings. The second-order valence-electron chi connectivity index (χ2n) is 4.28. The summed E-state index contributed by atoms with van der Waals surface area (Å²) in [6, 6.07) is 7.13. The number of carbonyl (C=O) groups excluding carboxylic acids is 1. The van der Waals surface area contributed by atoms with E-state index >= 15 is 0 Å². The largest absolute Gasteiger partial charge is 0.492 e. The standard InChI is InChI=1S/C14H15ClN2O2S/c1-10-16-13(9-20-10)14(18)17(2)7-8-19-12-5-3-11(15)4-6-12/h3-6,9H,7-8H2,1-2H3. The van der Waals surface area contributed by atoms with Crippen LogP contribution in [-0.4, -0.2) is 36.0 Å². The van der Waals surface area contributed by atoms with Crippen molar-refractivity contribution in [3.05, 3.63) is 45.4 Å². The molecule has 0 saturated carbocycles. The Morgan fingerprint density at radius 3 is 2.70 bits per heavy atom. The molecule has 0 spiro atoms. The van der Waals surface area contributed by atoms with Gasteiger partial charge in [-0.2, -0.15) is 0 Å². The molecule has 0 aliphatic heterocycles.